The predicted molar refractivity (Wildman–Crippen MR) is 90.3 cm³/mol. The molecule has 1 unspecified atom stereocenters. The average Bonchev–Trinajstić information content (AvgIpc) is 3.39. The van der Waals surface area contributed by atoms with Crippen molar-refractivity contribution in [1.29, 1.82) is 0 Å². The zero-order chi connectivity index (χ0) is 16.2. The van der Waals surface area contributed by atoms with Crippen LogP contribution in [0.25, 0.3) is 0 Å². The number of piperidine rings is 1. The van der Waals surface area contributed by atoms with Gasteiger partial charge in [0.2, 0.25) is 5.91 Å². The molecule has 1 atom stereocenters. The SMILES string of the molecule is CCc1ccccc1NC(=O)C1CCCN(C(=O)NC2CC2)C1. The lowest BCUT2D eigenvalue weighted by atomic mass is 9.97. The second kappa shape index (κ2) is 7.02. The van der Waals surface area contributed by atoms with Crippen molar-refractivity contribution in [1.82, 2.24) is 10.2 Å². The molecule has 1 aromatic rings. The molecule has 1 heterocycles. The minimum Gasteiger partial charge on any atom is -0.335 e. The van der Waals surface area contributed by atoms with E-state index in [0.29, 0.717) is 12.6 Å². The summed E-state index contributed by atoms with van der Waals surface area (Å²) in [5.74, 6) is -0.103. The summed E-state index contributed by atoms with van der Waals surface area (Å²) in [5.41, 5.74) is 2.03. The second-order valence-electron chi connectivity index (χ2n) is 6.51. The van der Waals surface area contributed by atoms with Crippen molar-refractivity contribution in [2.24, 2.45) is 5.92 Å². The molecule has 0 aromatic heterocycles. The van der Waals surface area contributed by atoms with E-state index in [2.05, 4.69) is 17.6 Å². The summed E-state index contributed by atoms with van der Waals surface area (Å²) in [6, 6.07) is 8.24. The third-order valence-electron chi connectivity index (χ3n) is 4.64. The van der Waals surface area contributed by atoms with Crippen LogP contribution in [0.3, 0.4) is 0 Å². The topological polar surface area (TPSA) is 61.4 Å². The van der Waals surface area contributed by atoms with Crippen molar-refractivity contribution in [3.05, 3.63) is 29.8 Å². The highest BCUT2D eigenvalue weighted by Crippen LogP contribution is 2.23. The van der Waals surface area contributed by atoms with E-state index in [1.165, 1.54) is 0 Å². The number of para-hydroxylation sites is 1. The molecule has 23 heavy (non-hydrogen) atoms. The van der Waals surface area contributed by atoms with Gasteiger partial charge in [0.1, 0.15) is 0 Å². The Morgan fingerprint density at radius 1 is 1.22 bits per heavy atom. The zero-order valence-electron chi connectivity index (χ0n) is 13.7. The van der Waals surface area contributed by atoms with Gasteiger partial charge < -0.3 is 15.5 Å². The van der Waals surface area contributed by atoms with E-state index in [9.17, 15) is 9.59 Å². The third kappa shape index (κ3) is 4.03. The van der Waals surface area contributed by atoms with Crippen molar-refractivity contribution in [3.8, 4) is 0 Å². The normalized spacial score (nSPS) is 20.9. The Morgan fingerprint density at radius 3 is 2.74 bits per heavy atom. The first-order chi connectivity index (χ1) is 11.2. The fraction of sp³-hybridized carbons (Fsp3) is 0.556. The molecular weight excluding hydrogens is 290 g/mol. The number of likely N-dealkylation sites (tertiary alicyclic amines) is 1. The monoisotopic (exact) mass is 315 g/mol. The number of nitrogens with one attached hydrogen (secondary N) is 2. The smallest absolute Gasteiger partial charge is 0.317 e. The van der Waals surface area contributed by atoms with Gasteiger partial charge in [-0.25, -0.2) is 4.79 Å². The molecule has 1 saturated heterocycles. The summed E-state index contributed by atoms with van der Waals surface area (Å²) >= 11 is 0. The summed E-state index contributed by atoms with van der Waals surface area (Å²) < 4.78 is 0. The van der Waals surface area contributed by atoms with Gasteiger partial charge in [-0.1, -0.05) is 25.1 Å². The maximum atomic E-state index is 12.6. The first kappa shape index (κ1) is 15.8. The van der Waals surface area contributed by atoms with Crippen LogP contribution in [0.15, 0.2) is 24.3 Å². The minimum absolute atomic E-state index is 0.0149. The second-order valence-corrected chi connectivity index (χ2v) is 6.51. The maximum absolute atomic E-state index is 12.6. The molecule has 0 radical (unpaired) electrons. The van der Waals surface area contributed by atoms with Crippen LogP contribution in [0.5, 0.6) is 0 Å². The van der Waals surface area contributed by atoms with Crippen LogP contribution < -0.4 is 10.6 Å². The standard InChI is InChI=1S/C18H25N3O2/c1-2-13-6-3-4-8-16(13)20-17(22)14-7-5-11-21(12-14)18(23)19-15-9-10-15/h3-4,6,8,14-15H,2,5,7,9-12H2,1H3,(H,19,23)(H,20,22). The number of urea groups is 1. The molecule has 5 nitrogen and oxygen atoms in total. The Labute approximate surface area is 137 Å². The number of aryl methyl sites for hydroxylation is 1. The van der Waals surface area contributed by atoms with Gasteiger partial charge in [-0.05, 0) is 43.7 Å². The minimum atomic E-state index is -0.126. The van der Waals surface area contributed by atoms with E-state index in [1.807, 2.05) is 24.3 Å². The summed E-state index contributed by atoms with van der Waals surface area (Å²) in [4.78, 5) is 26.5. The maximum Gasteiger partial charge on any atom is 0.317 e. The van der Waals surface area contributed by atoms with E-state index in [1.54, 1.807) is 4.90 Å². The fourth-order valence-electron chi connectivity index (χ4n) is 3.05. The van der Waals surface area contributed by atoms with Crippen molar-refractivity contribution < 1.29 is 9.59 Å². The number of rotatable bonds is 4. The Bertz CT molecular complexity index is 583. The van der Waals surface area contributed by atoms with Crippen LogP contribution in [0.4, 0.5) is 10.5 Å². The first-order valence-corrected chi connectivity index (χ1v) is 8.61. The Kier molecular flexibility index (Phi) is 4.84. The number of hydrogen-bond acceptors (Lipinski definition) is 2. The highest BCUT2D eigenvalue weighted by Gasteiger charge is 2.31. The van der Waals surface area contributed by atoms with E-state index >= 15 is 0 Å². The van der Waals surface area contributed by atoms with Gasteiger partial charge in [-0.2, -0.15) is 0 Å². The van der Waals surface area contributed by atoms with E-state index in [-0.39, 0.29) is 17.9 Å². The Morgan fingerprint density at radius 2 is 2.00 bits per heavy atom. The molecular formula is C18H25N3O2. The number of hydrogen-bond donors (Lipinski definition) is 2. The molecule has 2 N–H and O–H groups in total. The average molecular weight is 315 g/mol. The lowest BCUT2D eigenvalue weighted by molar-refractivity contribution is -0.121. The molecule has 0 bridgehead atoms. The summed E-state index contributed by atoms with van der Waals surface area (Å²) in [5, 5.41) is 6.05. The van der Waals surface area contributed by atoms with Gasteiger partial charge >= 0.3 is 6.03 Å². The lowest BCUT2D eigenvalue weighted by Crippen LogP contribution is -2.48. The Hall–Kier alpha value is -2.04. The third-order valence-corrected chi connectivity index (χ3v) is 4.64. The van der Waals surface area contributed by atoms with Gasteiger partial charge in [0.15, 0.2) is 0 Å². The largest absolute Gasteiger partial charge is 0.335 e. The van der Waals surface area contributed by atoms with Crippen LogP contribution in [-0.4, -0.2) is 36.0 Å². The van der Waals surface area contributed by atoms with Gasteiger partial charge in [-0.15, -0.1) is 0 Å². The number of nitrogens with zero attached hydrogens (tertiary/aromatic N) is 1. The number of anilines is 1. The summed E-state index contributed by atoms with van der Waals surface area (Å²) in [6.45, 7) is 3.34. The lowest BCUT2D eigenvalue weighted by Gasteiger charge is -2.32. The van der Waals surface area contributed by atoms with E-state index in [0.717, 1.165) is 49.9 Å². The van der Waals surface area contributed by atoms with Crippen LogP contribution in [0, 0.1) is 5.92 Å². The molecule has 1 aromatic carbocycles. The molecule has 2 fully saturated rings. The Balaban J connectivity index is 1.59. The molecule has 124 valence electrons. The predicted octanol–water partition coefficient (Wildman–Crippen LogP) is 2.77. The molecule has 1 aliphatic carbocycles. The molecule has 1 saturated carbocycles. The van der Waals surface area contributed by atoms with Crippen molar-refractivity contribution in [3.63, 3.8) is 0 Å². The first-order valence-electron chi connectivity index (χ1n) is 8.61. The summed E-state index contributed by atoms with van der Waals surface area (Å²) in [6.07, 6.45) is 4.77. The van der Waals surface area contributed by atoms with Gasteiger partial charge in [0.25, 0.3) is 0 Å². The van der Waals surface area contributed by atoms with Crippen LogP contribution in [0.1, 0.15) is 38.2 Å². The van der Waals surface area contributed by atoms with Crippen molar-refractivity contribution in [2.75, 3.05) is 18.4 Å². The van der Waals surface area contributed by atoms with Gasteiger partial charge in [0, 0.05) is 24.8 Å². The quantitative estimate of drug-likeness (QED) is 0.897. The number of benzene rings is 1. The summed E-state index contributed by atoms with van der Waals surface area (Å²) in [7, 11) is 0. The van der Waals surface area contributed by atoms with Crippen LogP contribution >= 0.6 is 0 Å². The number of carbonyl (C=O) groups is 2. The van der Waals surface area contributed by atoms with E-state index < -0.39 is 0 Å². The number of amides is 3. The highest BCUT2D eigenvalue weighted by atomic mass is 16.2. The number of carbonyl (C=O) groups excluding carboxylic acids is 2. The molecule has 5 heteroatoms. The van der Waals surface area contributed by atoms with Gasteiger partial charge in [-0.3, -0.25) is 4.79 Å². The molecule has 3 amide bonds. The van der Waals surface area contributed by atoms with Crippen molar-refractivity contribution >= 4 is 17.6 Å². The highest BCUT2D eigenvalue weighted by molar-refractivity contribution is 5.93. The van der Waals surface area contributed by atoms with Crippen LogP contribution in [0.2, 0.25) is 0 Å². The molecule has 3 rings (SSSR count). The molecule has 0 spiro atoms. The fourth-order valence-corrected chi connectivity index (χ4v) is 3.05. The van der Waals surface area contributed by atoms with Crippen molar-refractivity contribution in [2.45, 2.75) is 45.1 Å². The molecule has 2 aliphatic rings. The van der Waals surface area contributed by atoms with E-state index in [4.69, 9.17) is 0 Å². The molecule has 1 aliphatic heterocycles. The zero-order valence-corrected chi connectivity index (χ0v) is 13.7. The van der Waals surface area contributed by atoms with Crippen LogP contribution in [-0.2, 0) is 11.2 Å². The van der Waals surface area contributed by atoms with Gasteiger partial charge in [0.05, 0.1) is 5.92 Å².